The lowest BCUT2D eigenvalue weighted by molar-refractivity contribution is -0.137. The SMILES string of the molecule is NC1CCN(C2CCCCC2)C(=O)C1. The van der Waals surface area contributed by atoms with Crippen molar-refractivity contribution in [1.82, 2.24) is 4.90 Å². The highest BCUT2D eigenvalue weighted by Gasteiger charge is 2.29. The molecule has 1 saturated carbocycles. The number of carbonyl (C=O) groups excluding carboxylic acids is 1. The fourth-order valence-corrected chi connectivity index (χ4v) is 2.65. The van der Waals surface area contributed by atoms with Crippen LogP contribution in [0.3, 0.4) is 0 Å². The van der Waals surface area contributed by atoms with E-state index in [1.807, 2.05) is 0 Å². The van der Waals surface area contributed by atoms with Crippen LogP contribution in [-0.4, -0.2) is 29.4 Å². The van der Waals surface area contributed by atoms with E-state index in [2.05, 4.69) is 4.90 Å². The Morgan fingerprint density at radius 3 is 2.50 bits per heavy atom. The van der Waals surface area contributed by atoms with Gasteiger partial charge in [-0.15, -0.1) is 0 Å². The molecule has 2 aliphatic rings. The molecule has 0 aromatic heterocycles. The van der Waals surface area contributed by atoms with E-state index in [0.717, 1.165) is 13.0 Å². The molecule has 1 amide bonds. The molecule has 3 heteroatoms. The number of amides is 1. The Balaban J connectivity index is 1.92. The maximum Gasteiger partial charge on any atom is 0.224 e. The van der Waals surface area contributed by atoms with Gasteiger partial charge in [-0.2, -0.15) is 0 Å². The molecule has 0 bridgehead atoms. The lowest BCUT2D eigenvalue weighted by atomic mass is 9.92. The van der Waals surface area contributed by atoms with E-state index in [0.29, 0.717) is 12.5 Å². The minimum Gasteiger partial charge on any atom is -0.340 e. The van der Waals surface area contributed by atoms with Crippen molar-refractivity contribution in [3.8, 4) is 0 Å². The Labute approximate surface area is 85.6 Å². The van der Waals surface area contributed by atoms with E-state index in [1.165, 1.54) is 32.1 Å². The first-order chi connectivity index (χ1) is 6.77. The van der Waals surface area contributed by atoms with E-state index in [-0.39, 0.29) is 11.9 Å². The van der Waals surface area contributed by atoms with Gasteiger partial charge in [-0.1, -0.05) is 19.3 Å². The molecule has 1 heterocycles. The number of hydrogen-bond acceptors (Lipinski definition) is 2. The first-order valence-corrected chi connectivity index (χ1v) is 5.82. The molecule has 0 spiro atoms. The molecule has 1 aliphatic heterocycles. The van der Waals surface area contributed by atoms with Crippen molar-refractivity contribution in [3.63, 3.8) is 0 Å². The van der Waals surface area contributed by atoms with E-state index in [9.17, 15) is 4.79 Å². The van der Waals surface area contributed by atoms with Crippen LogP contribution in [0.2, 0.25) is 0 Å². The molecule has 1 unspecified atom stereocenters. The summed E-state index contributed by atoms with van der Waals surface area (Å²) in [5.74, 6) is 0.288. The van der Waals surface area contributed by atoms with Gasteiger partial charge in [0.15, 0.2) is 0 Å². The molecule has 80 valence electrons. The molecule has 14 heavy (non-hydrogen) atoms. The molecular formula is C11H20N2O. The maximum absolute atomic E-state index is 11.7. The lowest BCUT2D eigenvalue weighted by Crippen LogP contribution is -2.49. The Hall–Kier alpha value is -0.570. The second-order valence-corrected chi connectivity index (χ2v) is 4.63. The zero-order valence-electron chi connectivity index (χ0n) is 8.74. The van der Waals surface area contributed by atoms with Gasteiger partial charge in [-0.05, 0) is 19.3 Å². The van der Waals surface area contributed by atoms with Crippen molar-refractivity contribution in [2.24, 2.45) is 5.73 Å². The number of rotatable bonds is 1. The molecule has 1 atom stereocenters. The third-order valence-corrected chi connectivity index (χ3v) is 3.51. The van der Waals surface area contributed by atoms with Gasteiger partial charge in [0, 0.05) is 25.0 Å². The number of nitrogens with two attached hydrogens (primary N) is 1. The number of nitrogens with zero attached hydrogens (tertiary/aromatic N) is 1. The second-order valence-electron chi connectivity index (χ2n) is 4.63. The van der Waals surface area contributed by atoms with Gasteiger partial charge in [-0.3, -0.25) is 4.79 Å². The molecule has 0 aromatic rings. The van der Waals surface area contributed by atoms with Crippen molar-refractivity contribution in [1.29, 1.82) is 0 Å². The van der Waals surface area contributed by atoms with Gasteiger partial charge in [0.05, 0.1) is 0 Å². The summed E-state index contributed by atoms with van der Waals surface area (Å²) in [5.41, 5.74) is 5.77. The Bertz CT molecular complexity index is 211. The van der Waals surface area contributed by atoms with Crippen molar-refractivity contribution in [2.75, 3.05) is 6.54 Å². The van der Waals surface area contributed by atoms with E-state index < -0.39 is 0 Å². The van der Waals surface area contributed by atoms with Gasteiger partial charge in [0.1, 0.15) is 0 Å². The van der Waals surface area contributed by atoms with Gasteiger partial charge in [0.2, 0.25) is 5.91 Å². The number of likely N-dealkylation sites (tertiary alicyclic amines) is 1. The van der Waals surface area contributed by atoms with Crippen molar-refractivity contribution < 1.29 is 4.79 Å². The third-order valence-electron chi connectivity index (χ3n) is 3.51. The summed E-state index contributed by atoms with van der Waals surface area (Å²) in [6, 6.07) is 0.645. The molecule has 1 saturated heterocycles. The average Bonchev–Trinajstić information content (AvgIpc) is 2.19. The summed E-state index contributed by atoms with van der Waals surface area (Å²) < 4.78 is 0. The highest BCUT2D eigenvalue weighted by Crippen LogP contribution is 2.25. The van der Waals surface area contributed by atoms with Gasteiger partial charge >= 0.3 is 0 Å². The van der Waals surface area contributed by atoms with Crippen molar-refractivity contribution in [3.05, 3.63) is 0 Å². The van der Waals surface area contributed by atoms with Crippen LogP contribution >= 0.6 is 0 Å². The fourth-order valence-electron chi connectivity index (χ4n) is 2.65. The lowest BCUT2D eigenvalue weighted by Gasteiger charge is -2.38. The normalized spacial score (nSPS) is 30.8. The summed E-state index contributed by atoms with van der Waals surface area (Å²) in [6.07, 6.45) is 7.90. The second kappa shape index (κ2) is 4.30. The van der Waals surface area contributed by atoms with Crippen LogP contribution in [0, 0.1) is 0 Å². The minimum atomic E-state index is 0.113. The highest BCUT2D eigenvalue weighted by molar-refractivity contribution is 5.78. The monoisotopic (exact) mass is 196 g/mol. The summed E-state index contributed by atoms with van der Waals surface area (Å²) in [5, 5.41) is 0. The Morgan fingerprint density at radius 2 is 1.86 bits per heavy atom. The number of hydrogen-bond donors (Lipinski definition) is 1. The third kappa shape index (κ3) is 2.08. The average molecular weight is 196 g/mol. The van der Waals surface area contributed by atoms with Crippen LogP contribution in [0.25, 0.3) is 0 Å². The Kier molecular flexibility index (Phi) is 3.06. The molecule has 2 N–H and O–H groups in total. The topological polar surface area (TPSA) is 46.3 Å². The predicted octanol–water partition coefficient (Wildman–Crippen LogP) is 1.27. The molecule has 2 fully saturated rings. The molecule has 1 aliphatic carbocycles. The molecule has 3 nitrogen and oxygen atoms in total. The molecule has 0 radical (unpaired) electrons. The molecule has 2 rings (SSSR count). The fraction of sp³-hybridized carbons (Fsp3) is 0.909. The van der Waals surface area contributed by atoms with Crippen LogP contribution < -0.4 is 5.73 Å². The zero-order valence-corrected chi connectivity index (χ0v) is 8.74. The number of carbonyl (C=O) groups is 1. The smallest absolute Gasteiger partial charge is 0.224 e. The van der Waals surface area contributed by atoms with E-state index >= 15 is 0 Å². The van der Waals surface area contributed by atoms with Crippen LogP contribution in [0.4, 0.5) is 0 Å². The molecule has 0 aromatic carbocycles. The predicted molar refractivity (Wildman–Crippen MR) is 55.8 cm³/mol. The van der Waals surface area contributed by atoms with Gasteiger partial charge < -0.3 is 10.6 Å². The van der Waals surface area contributed by atoms with Gasteiger partial charge in [0.25, 0.3) is 0 Å². The summed E-state index contributed by atoms with van der Waals surface area (Å²) in [6.45, 7) is 0.894. The summed E-state index contributed by atoms with van der Waals surface area (Å²) in [7, 11) is 0. The van der Waals surface area contributed by atoms with E-state index in [4.69, 9.17) is 5.73 Å². The maximum atomic E-state index is 11.7. The quantitative estimate of drug-likeness (QED) is 0.686. The number of piperidine rings is 1. The largest absolute Gasteiger partial charge is 0.340 e. The molecular weight excluding hydrogens is 176 g/mol. The van der Waals surface area contributed by atoms with Crippen LogP contribution in [0.1, 0.15) is 44.9 Å². The van der Waals surface area contributed by atoms with Crippen molar-refractivity contribution >= 4 is 5.91 Å². The first-order valence-electron chi connectivity index (χ1n) is 5.82. The van der Waals surface area contributed by atoms with Crippen molar-refractivity contribution in [2.45, 2.75) is 57.0 Å². The van der Waals surface area contributed by atoms with E-state index in [1.54, 1.807) is 0 Å². The summed E-state index contributed by atoms with van der Waals surface area (Å²) >= 11 is 0. The van der Waals surface area contributed by atoms with Crippen LogP contribution in [-0.2, 0) is 4.79 Å². The minimum absolute atomic E-state index is 0.113. The summed E-state index contributed by atoms with van der Waals surface area (Å²) in [4.78, 5) is 13.8. The Morgan fingerprint density at radius 1 is 1.14 bits per heavy atom. The van der Waals surface area contributed by atoms with Crippen LogP contribution in [0.15, 0.2) is 0 Å². The van der Waals surface area contributed by atoms with Gasteiger partial charge in [-0.25, -0.2) is 0 Å². The highest BCUT2D eigenvalue weighted by atomic mass is 16.2. The standard InChI is InChI=1S/C11H20N2O/c12-9-6-7-13(11(14)8-9)10-4-2-1-3-5-10/h9-10H,1-8,12H2. The van der Waals surface area contributed by atoms with Crippen LogP contribution in [0.5, 0.6) is 0 Å². The zero-order chi connectivity index (χ0) is 9.97. The first kappa shape index (κ1) is 9.97.